The normalized spacial score (nSPS) is 16.9. The van der Waals surface area contributed by atoms with Gasteiger partial charge in [0.2, 0.25) is 5.95 Å². The number of benzene rings is 1. The molecule has 0 radical (unpaired) electrons. The Hall–Kier alpha value is -2.90. The Morgan fingerprint density at radius 3 is 2.80 bits per heavy atom. The quantitative estimate of drug-likeness (QED) is 0.847. The van der Waals surface area contributed by atoms with Gasteiger partial charge in [-0.05, 0) is 34.2 Å². The number of methoxy groups -OCH3 is 1. The molecule has 0 aliphatic carbocycles. The Morgan fingerprint density at radius 2 is 2.15 bits per heavy atom. The molecule has 102 valence electrons. The third-order valence-corrected chi connectivity index (χ3v) is 3.02. The second-order valence-corrected chi connectivity index (χ2v) is 4.18. The Labute approximate surface area is 113 Å². The molecular weight excluding hydrogens is 262 g/mol. The molecule has 3 rings (SSSR count). The number of tetrazole rings is 1. The zero-order valence-electron chi connectivity index (χ0n) is 10.5. The number of aromatic nitrogens is 4. The minimum atomic E-state index is -1.06. The number of ether oxygens (including phenoxy) is 1. The van der Waals surface area contributed by atoms with Gasteiger partial charge in [0.1, 0.15) is 17.5 Å². The van der Waals surface area contributed by atoms with Gasteiger partial charge in [-0.15, -0.1) is 0 Å². The molecule has 2 N–H and O–H groups in total. The van der Waals surface area contributed by atoms with Crippen molar-refractivity contribution in [1.29, 1.82) is 0 Å². The van der Waals surface area contributed by atoms with E-state index in [1.807, 2.05) is 12.1 Å². The summed E-state index contributed by atoms with van der Waals surface area (Å²) < 4.78 is 6.62. The van der Waals surface area contributed by atoms with Crippen LogP contribution in [0.25, 0.3) is 0 Å². The highest BCUT2D eigenvalue weighted by Gasteiger charge is 2.26. The summed E-state index contributed by atoms with van der Waals surface area (Å²) in [5, 5.41) is 23.0. The summed E-state index contributed by atoms with van der Waals surface area (Å²) in [6.07, 6.45) is 1.56. The van der Waals surface area contributed by atoms with Crippen molar-refractivity contribution in [2.24, 2.45) is 0 Å². The summed E-state index contributed by atoms with van der Waals surface area (Å²) in [5.74, 6) is -0.0365. The number of fused-ring (bicyclic) bond motifs is 1. The van der Waals surface area contributed by atoms with Gasteiger partial charge < -0.3 is 15.2 Å². The van der Waals surface area contributed by atoms with Crippen molar-refractivity contribution in [2.75, 3.05) is 12.4 Å². The van der Waals surface area contributed by atoms with Crippen LogP contribution in [-0.4, -0.2) is 38.4 Å². The molecule has 0 amide bonds. The molecule has 2 heterocycles. The highest BCUT2D eigenvalue weighted by Crippen LogP contribution is 2.28. The maximum absolute atomic E-state index is 11.1. The van der Waals surface area contributed by atoms with Crippen molar-refractivity contribution in [3.63, 3.8) is 0 Å². The lowest BCUT2D eigenvalue weighted by Gasteiger charge is -2.21. The molecule has 1 aromatic heterocycles. The van der Waals surface area contributed by atoms with E-state index in [0.717, 1.165) is 11.3 Å². The molecule has 0 bridgehead atoms. The monoisotopic (exact) mass is 273 g/mol. The molecule has 1 aromatic carbocycles. The average Bonchev–Trinajstić information content (AvgIpc) is 2.94. The van der Waals surface area contributed by atoms with Gasteiger partial charge in [-0.25, -0.2) is 4.79 Å². The van der Waals surface area contributed by atoms with Crippen LogP contribution < -0.4 is 10.1 Å². The molecule has 0 unspecified atom stereocenters. The predicted octanol–water partition coefficient (Wildman–Crippen LogP) is 0.665. The number of aliphatic carboxylic acids is 1. The molecule has 0 saturated heterocycles. The lowest BCUT2D eigenvalue weighted by molar-refractivity contribution is -0.132. The van der Waals surface area contributed by atoms with Crippen molar-refractivity contribution in [3.8, 4) is 5.75 Å². The minimum Gasteiger partial charge on any atom is -0.497 e. The number of anilines is 1. The third-order valence-electron chi connectivity index (χ3n) is 3.02. The van der Waals surface area contributed by atoms with Crippen molar-refractivity contribution in [3.05, 3.63) is 41.6 Å². The van der Waals surface area contributed by atoms with Crippen molar-refractivity contribution in [1.82, 2.24) is 20.2 Å². The van der Waals surface area contributed by atoms with E-state index in [4.69, 9.17) is 9.84 Å². The fourth-order valence-electron chi connectivity index (χ4n) is 2.02. The van der Waals surface area contributed by atoms with Crippen LogP contribution in [0.15, 0.2) is 36.0 Å². The number of allylic oxidation sites excluding steroid dienone is 1. The molecule has 0 saturated carbocycles. The van der Waals surface area contributed by atoms with E-state index in [-0.39, 0.29) is 11.7 Å². The number of rotatable bonds is 3. The molecule has 8 heteroatoms. The molecular formula is C12H11N5O3. The van der Waals surface area contributed by atoms with Gasteiger partial charge in [0.15, 0.2) is 0 Å². The Bertz CT molecular complexity index is 677. The Kier molecular flexibility index (Phi) is 2.82. The summed E-state index contributed by atoms with van der Waals surface area (Å²) in [6, 6.07) is 6.91. The van der Waals surface area contributed by atoms with Crippen LogP contribution in [0.1, 0.15) is 11.6 Å². The second-order valence-electron chi connectivity index (χ2n) is 4.18. The van der Waals surface area contributed by atoms with Crippen molar-refractivity contribution < 1.29 is 14.6 Å². The molecule has 0 spiro atoms. The molecule has 1 atom stereocenters. The number of hydrogen-bond donors (Lipinski definition) is 2. The van der Waals surface area contributed by atoms with E-state index in [0.29, 0.717) is 5.95 Å². The van der Waals surface area contributed by atoms with E-state index in [1.54, 1.807) is 25.3 Å². The first-order valence-electron chi connectivity index (χ1n) is 5.83. The fraction of sp³-hybridized carbons (Fsp3) is 0.167. The minimum absolute atomic E-state index is 0.0492. The smallest absolute Gasteiger partial charge is 0.352 e. The van der Waals surface area contributed by atoms with Gasteiger partial charge in [0, 0.05) is 0 Å². The Balaban J connectivity index is 2.04. The summed E-state index contributed by atoms with van der Waals surface area (Å²) >= 11 is 0. The van der Waals surface area contributed by atoms with Gasteiger partial charge >= 0.3 is 5.97 Å². The van der Waals surface area contributed by atoms with E-state index in [2.05, 4.69) is 20.8 Å². The van der Waals surface area contributed by atoms with Gasteiger partial charge in [-0.3, -0.25) is 0 Å². The topological polar surface area (TPSA) is 102 Å². The van der Waals surface area contributed by atoms with Crippen LogP contribution in [-0.2, 0) is 4.79 Å². The van der Waals surface area contributed by atoms with Crippen LogP contribution in [0.2, 0.25) is 0 Å². The lowest BCUT2D eigenvalue weighted by atomic mass is 10.0. The highest BCUT2D eigenvalue weighted by molar-refractivity contribution is 5.90. The van der Waals surface area contributed by atoms with Crippen molar-refractivity contribution >= 4 is 11.9 Å². The van der Waals surface area contributed by atoms with E-state index < -0.39 is 5.97 Å². The average molecular weight is 273 g/mol. The number of carboxylic acids is 1. The molecule has 20 heavy (non-hydrogen) atoms. The number of nitrogens with zero attached hydrogens (tertiary/aromatic N) is 4. The second kappa shape index (κ2) is 4.65. The third kappa shape index (κ3) is 1.96. The maximum atomic E-state index is 11.1. The summed E-state index contributed by atoms with van der Waals surface area (Å²) in [6.45, 7) is 0. The standard InChI is InChI=1S/C12H11N5O3/c1-20-8-4-2-7(3-5-8)10-6-9(11(18)19)13-12-14-15-16-17(10)12/h2-6,10H,1H3,(H,18,19)(H,13,14,16)/t10-/m1/s1. The largest absolute Gasteiger partial charge is 0.497 e. The van der Waals surface area contributed by atoms with E-state index in [1.165, 1.54) is 4.68 Å². The molecule has 8 nitrogen and oxygen atoms in total. The van der Waals surface area contributed by atoms with Gasteiger partial charge in [0.05, 0.1) is 7.11 Å². The molecule has 1 aliphatic rings. The summed E-state index contributed by atoms with van der Waals surface area (Å²) in [4.78, 5) is 11.1. The SMILES string of the molecule is COc1ccc([C@H]2C=C(C(=O)O)Nc3nnnn32)cc1. The molecule has 2 aromatic rings. The van der Waals surface area contributed by atoms with Crippen LogP contribution in [0.3, 0.4) is 0 Å². The number of carboxylic acid groups (broad SMARTS) is 1. The molecule has 1 aliphatic heterocycles. The van der Waals surface area contributed by atoms with Crippen LogP contribution in [0.4, 0.5) is 5.95 Å². The lowest BCUT2D eigenvalue weighted by Crippen LogP contribution is -2.24. The van der Waals surface area contributed by atoms with E-state index in [9.17, 15) is 4.79 Å². The van der Waals surface area contributed by atoms with Crippen LogP contribution in [0.5, 0.6) is 5.75 Å². The van der Waals surface area contributed by atoms with Crippen molar-refractivity contribution in [2.45, 2.75) is 6.04 Å². The zero-order valence-corrected chi connectivity index (χ0v) is 10.5. The first-order valence-corrected chi connectivity index (χ1v) is 5.83. The van der Waals surface area contributed by atoms with Crippen LogP contribution in [0, 0.1) is 0 Å². The number of carbonyl (C=O) groups is 1. The van der Waals surface area contributed by atoms with Crippen LogP contribution >= 0.6 is 0 Å². The summed E-state index contributed by atoms with van der Waals surface area (Å²) in [7, 11) is 1.58. The Morgan fingerprint density at radius 1 is 1.40 bits per heavy atom. The summed E-state index contributed by atoms with van der Waals surface area (Å²) in [5.41, 5.74) is 0.910. The first-order chi connectivity index (χ1) is 9.69. The first kappa shape index (κ1) is 12.2. The van der Waals surface area contributed by atoms with E-state index >= 15 is 0 Å². The highest BCUT2D eigenvalue weighted by atomic mass is 16.5. The van der Waals surface area contributed by atoms with Gasteiger partial charge in [-0.2, -0.15) is 4.68 Å². The number of hydrogen-bond acceptors (Lipinski definition) is 6. The number of nitrogens with one attached hydrogen (secondary N) is 1. The predicted molar refractivity (Wildman–Crippen MR) is 68.3 cm³/mol. The maximum Gasteiger partial charge on any atom is 0.352 e. The fourth-order valence-corrected chi connectivity index (χ4v) is 2.02. The zero-order chi connectivity index (χ0) is 14.1. The van der Waals surface area contributed by atoms with Gasteiger partial charge in [0.25, 0.3) is 0 Å². The molecule has 0 fully saturated rings. The van der Waals surface area contributed by atoms with Gasteiger partial charge in [-0.1, -0.05) is 17.2 Å².